The van der Waals surface area contributed by atoms with Crippen LogP contribution in [0.3, 0.4) is 0 Å². The molecule has 1 unspecified atom stereocenters. The normalized spacial score (nSPS) is 13.7. The lowest BCUT2D eigenvalue weighted by molar-refractivity contribution is -0.0108. The van der Waals surface area contributed by atoms with E-state index >= 15 is 0 Å². The molecule has 1 amide bonds. The zero-order valence-electron chi connectivity index (χ0n) is 8.79. The highest BCUT2D eigenvalue weighted by atomic mass is 19.3. The van der Waals surface area contributed by atoms with E-state index in [4.69, 9.17) is 0 Å². The first kappa shape index (κ1) is 11.6. The van der Waals surface area contributed by atoms with Crippen LogP contribution in [0, 0.1) is 0 Å². The van der Waals surface area contributed by atoms with Crippen molar-refractivity contribution in [3.63, 3.8) is 0 Å². The fraction of sp³-hybridized carbons (Fsp3) is 0.556. The van der Waals surface area contributed by atoms with Gasteiger partial charge in [0.15, 0.2) is 0 Å². The molecule has 15 heavy (non-hydrogen) atoms. The molecule has 0 aromatic carbocycles. The Bertz CT molecular complexity index is 356. The summed E-state index contributed by atoms with van der Waals surface area (Å²) in [6.45, 7) is 2.01. The van der Waals surface area contributed by atoms with E-state index in [2.05, 4.69) is 10.3 Å². The highest BCUT2D eigenvalue weighted by Crippen LogP contribution is 2.16. The van der Waals surface area contributed by atoms with E-state index in [0.717, 1.165) is 6.92 Å². The maximum Gasteiger partial charge on any atom is 0.271 e. The van der Waals surface area contributed by atoms with Crippen molar-refractivity contribution >= 4 is 5.91 Å². The molecule has 1 N–H and O–H groups in total. The van der Waals surface area contributed by atoms with E-state index in [-0.39, 0.29) is 5.69 Å². The topological polar surface area (TPSA) is 46.9 Å². The highest BCUT2D eigenvalue weighted by Gasteiger charge is 2.31. The van der Waals surface area contributed by atoms with Gasteiger partial charge in [-0.05, 0) is 6.92 Å². The van der Waals surface area contributed by atoms with Gasteiger partial charge in [0, 0.05) is 20.2 Å². The van der Waals surface area contributed by atoms with Gasteiger partial charge in [0.2, 0.25) is 0 Å². The average Bonchev–Trinajstić information content (AvgIpc) is 2.50. The number of hydrogen-bond donors (Lipinski definition) is 1. The van der Waals surface area contributed by atoms with Gasteiger partial charge in [-0.25, -0.2) is 13.8 Å². The van der Waals surface area contributed by atoms with Crippen molar-refractivity contribution in [1.29, 1.82) is 0 Å². The van der Waals surface area contributed by atoms with Crippen molar-refractivity contribution in [2.24, 2.45) is 7.05 Å². The fourth-order valence-electron chi connectivity index (χ4n) is 0.927. The number of imidazole rings is 1. The average molecular weight is 217 g/mol. The molecule has 1 aromatic heterocycles. The van der Waals surface area contributed by atoms with Crippen LogP contribution in [-0.4, -0.2) is 27.4 Å². The van der Waals surface area contributed by atoms with Gasteiger partial charge in [0.1, 0.15) is 5.69 Å². The first-order valence-electron chi connectivity index (χ1n) is 4.47. The summed E-state index contributed by atoms with van der Waals surface area (Å²) in [6, 6.07) is -1.22. The molecule has 0 saturated heterocycles. The van der Waals surface area contributed by atoms with Crippen LogP contribution in [-0.2, 0) is 7.05 Å². The van der Waals surface area contributed by atoms with Crippen molar-refractivity contribution in [2.45, 2.75) is 25.8 Å². The van der Waals surface area contributed by atoms with Crippen LogP contribution >= 0.6 is 0 Å². The number of aryl methyl sites for hydroxylation is 1. The number of nitrogens with one attached hydrogen (secondary N) is 1. The van der Waals surface area contributed by atoms with Crippen LogP contribution < -0.4 is 5.32 Å². The fourth-order valence-corrected chi connectivity index (χ4v) is 0.927. The predicted molar refractivity (Wildman–Crippen MR) is 50.8 cm³/mol. The molecule has 1 aromatic rings. The Kier molecular flexibility index (Phi) is 3.06. The Hall–Kier alpha value is -1.46. The minimum atomic E-state index is -2.94. The van der Waals surface area contributed by atoms with Crippen molar-refractivity contribution < 1.29 is 13.6 Å². The Balaban J connectivity index is 2.64. The van der Waals surface area contributed by atoms with Gasteiger partial charge in [0.25, 0.3) is 11.8 Å². The maximum atomic E-state index is 12.8. The van der Waals surface area contributed by atoms with Crippen LogP contribution in [0.1, 0.15) is 24.3 Å². The molecule has 0 spiro atoms. The van der Waals surface area contributed by atoms with Crippen molar-refractivity contribution in [2.75, 3.05) is 0 Å². The molecular weight excluding hydrogens is 204 g/mol. The van der Waals surface area contributed by atoms with Crippen molar-refractivity contribution in [1.82, 2.24) is 14.9 Å². The first-order valence-corrected chi connectivity index (χ1v) is 4.47. The Morgan fingerprint density at radius 2 is 2.27 bits per heavy atom. The van der Waals surface area contributed by atoms with Crippen molar-refractivity contribution in [3.05, 3.63) is 18.2 Å². The number of halogens is 2. The molecule has 4 nitrogen and oxygen atoms in total. The number of amides is 1. The second kappa shape index (κ2) is 3.96. The molecule has 6 heteroatoms. The van der Waals surface area contributed by atoms with Crippen LogP contribution in [0.15, 0.2) is 12.5 Å². The van der Waals surface area contributed by atoms with Crippen LogP contribution in [0.25, 0.3) is 0 Å². The van der Waals surface area contributed by atoms with Crippen molar-refractivity contribution in [3.8, 4) is 0 Å². The zero-order valence-corrected chi connectivity index (χ0v) is 8.79. The van der Waals surface area contributed by atoms with Gasteiger partial charge in [-0.3, -0.25) is 4.79 Å². The smallest absolute Gasteiger partial charge is 0.271 e. The Morgan fingerprint density at radius 3 is 2.67 bits per heavy atom. The van der Waals surface area contributed by atoms with Gasteiger partial charge in [0.05, 0.1) is 12.4 Å². The highest BCUT2D eigenvalue weighted by molar-refractivity contribution is 5.92. The lowest BCUT2D eigenvalue weighted by Gasteiger charge is -2.19. The predicted octanol–water partition coefficient (Wildman–Crippen LogP) is 1.19. The van der Waals surface area contributed by atoms with E-state index in [0.29, 0.717) is 0 Å². The molecule has 0 fully saturated rings. The van der Waals surface area contributed by atoms with E-state index in [1.54, 1.807) is 11.6 Å². The van der Waals surface area contributed by atoms with Crippen LogP contribution in [0.4, 0.5) is 8.78 Å². The summed E-state index contributed by atoms with van der Waals surface area (Å²) < 4.78 is 27.1. The minimum Gasteiger partial charge on any atom is -0.342 e. The number of hydrogen-bond acceptors (Lipinski definition) is 2. The van der Waals surface area contributed by atoms with E-state index in [1.165, 1.54) is 19.4 Å². The largest absolute Gasteiger partial charge is 0.342 e. The Morgan fingerprint density at radius 1 is 1.67 bits per heavy atom. The van der Waals surface area contributed by atoms with Gasteiger partial charge < -0.3 is 9.88 Å². The van der Waals surface area contributed by atoms with E-state index in [1.807, 2.05) is 0 Å². The number of alkyl halides is 2. The van der Waals surface area contributed by atoms with E-state index < -0.39 is 17.9 Å². The SMILES string of the molecule is CC(NC(=O)c1cn(C)cn1)C(C)(F)F. The number of carbonyl (C=O) groups excluding carboxylic acids is 1. The lowest BCUT2D eigenvalue weighted by atomic mass is 10.2. The van der Waals surface area contributed by atoms with Gasteiger partial charge in [-0.1, -0.05) is 0 Å². The summed E-state index contributed by atoms with van der Waals surface area (Å²) in [4.78, 5) is 15.2. The molecule has 1 heterocycles. The third-order valence-corrected chi connectivity index (χ3v) is 2.05. The third-order valence-electron chi connectivity index (χ3n) is 2.05. The first-order chi connectivity index (χ1) is 6.80. The molecule has 0 aliphatic carbocycles. The third kappa shape index (κ3) is 3.00. The minimum absolute atomic E-state index is 0.133. The molecule has 1 atom stereocenters. The molecule has 0 radical (unpaired) electrons. The zero-order chi connectivity index (χ0) is 11.6. The molecule has 0 bridgehead atoms. The summed E-state index contributed by atoms with van der Waals surface area (Å²) in [5.74, 6) is -3.53. The Labute approximate surface area is 86.3 Å². The number of aromatic nitrogens is 2. The molecule has 0 saturated carbocycles. The summed E-state index contributed by atoms with van der Waals surface area (Å²) in [5.41, 5.74) is 0.133. The summed E-state index contributed by atoms with van der Waals surface area (Å²) >= 11 is 0. The second-order valence-corrected chi connectivity index (χ2v) is 3.58. The molecule has 1 rings (SSSR count). The summed E-state index contributed by atoms with van der Waals surface area (Å²) in [7, 11) is 1.70. The van der Waals surface area contributed by atoms with Crippen LogP contribution in [0.2, 0.25) is 0 Å². The quantitative estimate of drug-likeness (QED) is 0.826. The molecular formula is C9H13F2N3O. The van der Waals surface area contributed by atoms with Crippen LogP contribution in [0.5, 0.6) is 0 Å². The molecule has 0 aliphatic rings. The lowest BCUT2D eigenvalue weighted by Crippen LogP contribution is -2.43. The number of nitrogens with zero attached hydrogens (tertiary/aromatic N) is 2. The molecule has 84 valence electrons. The van der Waals surface area contributed by atoms with Gasteiger partial charge in [-0.2, -0.15) is 0 Å². The second-order valence-electron chi connectivity index (χ2n) is 3.58. The standard InChI is InChI=1S/C9H13F2N3O/c1-6(9(2,10)11)13-8(15)7-4-14(3)5-12-7/h4-6H,1-3H3,(H,13,15). The number of carbonyl (C=O) groups is 1. The van der Waals surface area contributed by atoms with Gasteiger partial charge in [-0.15, -0.1) is 0 Å². The summed E-state index contributed by atoms with van der Waals surface area (Å²) in [5, 5.41) is 2.18. The van der Waals surface area contributed by atoms with Gasteiger partial charge >= 0.3 is 0 Å². The summed E-state index contributed by atoms with van der Waals surface area (Å²) in [6.07, 6.45) is 2.90. The van der Waals surface area contributed by atoms with E-state index in [9.17, 15) is 13.6 Å². The maximum absolute atomic E-state index is 12.8. The molecule has 0 aliphatic heterocycles. The monoisotopic (exact) mass is 217 g/mol. The number of rotatable bonds is 3.